The minimum absolute atomic E-state index is 0.0333. The summed E-state index contributed by atoms with van der Waals surface area (Å²) >= 11 is 1.08. The molecule has 0 spiro atoms. The fourth-order valence-electron chi connectivity index (χ4n) is 0.611. The lowest BCUT2D eigenvalue weighted by Gasteiger charge is -1.96. The Balaban J connectivity index is 2.87. The second-order valence-electron chi connectivity index (χ2n) is 1.74. The Kier molecular flexibility index (Phi) is 2.68. The molecule has 0 aliphatic rings. The zero-order valence-corrected chi connectivity index (χ0v) is 6.14. The summed E-state index contributed by atoms with van der Waals surface area (Å²) in [4.78, 5) is 4.00. The number of rotatable bonds is 2. The Labute approximate surface area is 63.4 Å². The fraction of sp³-hybridized carbons (Fsp3) is 0.167. The van der Waals surface area contributed by atoms with Crippen LogP contribution in [-0.4, -0.2) is 10.1 Å². The molecule has 54 valence electrons. The average molecular weight is 156 g/mol. The SMILES string of the molecule is NSc1cccc(CO)n1. The van der Waals surface area contributed by atoms with Gasteiger partial charge in [0.05, 0.1) is 12.3 Å². The Morgan fingerprint density at radius 3 is 3.00 bits per heavy atom. The summed E-state index contributed by atoms with van der Waals surface area (Å²) in [5, 5.41) is 14.6. The molecule has 0 bridgehead atoms. The summed E-state index contributed by atoms with van der Waals surface area (Å²) in [6.45, 7) is -0.0333. The minimum atomic E-state index is -0.0333. The van der Waals surface area contributed by atoms with Crippen molar-refractivity contribution in [2.45, 2.75) is 11.6 Å². The number of aromatic nitrogens is 1. The highest BCUT2D eigenvalue weighted by molar-refractivity contribution is 7.97. The molecule has 0 radical (unpaired) electrons. The predicted molar refractivity (Wildman–Crippen MR) is 40.2 cm³/mol. The van der Waals surface area contributed by atoms with E-state index in [1.807, 2.05) is 6.07 Å². The molecule has 4 heteroatoms. The van der Waals surface area contributed by atoms with E-state index in [4.69, 9.17) is 10.2 Å². The minimum Gasteiger partial charge on any atom is -0.390 e. The molecule has 0 unspecified atom stereocenters. The van der Waals surface area contributed by atoms with Gasteiger partial charge in [0.25, 0.3) is 0 Å². The molecule has 10 heavy (non-hydrogen) atoms. The molecule has 0 aliphatic heterocycles. The zero-order chi connectivity index (χ0) is 7.40. The molecule has 0 fully saturated rings. The van der Waals surface area contributed by atoms with E-state index in [9.17, 15) is 0 Å². The molecule has 3 nitrogen and oxygen atoms in total. The Morgan fingerprint density at radius 2 is 2.40 bits per heavy atom. The monoisotopic (exact) mass is 156 g/mol. The predicted octanol–water partition coefficient (Wildman–Crippen LogP) is 0.540. The van der Waals surface area contributed by atoms with E-state index in [1.54, 1.807) is 12.1 Å². The Morgan fingerprint density at radius 1 is 1.60 bits per heavy atom. The van der Waals surface area contributed by atoms with Crippen molar-refractivity contribution in [2.75, 3.05) is 0 Å². The molecular weight excluding hydrogens is 148 g/mol. The molecular formula is C6H8N2OS. The van der Waals surface area contributed by atoms with Crippen LogP contribution < -0.4 is 5.14 Å². The van der Waals surface area contributed by atoms with E-state index in [2.05, 4.69) is 4.98 Å². The summed E-state index contributed by atoms with van der Waals surface area (Å²) in [5.41, 5.74) is 0.649. The van der Waals surface area contributed by atoms with Gasteiger partial charge in [-0.05, 0) is 24.1 Å². The third-order valence-electron chi connectivity index (χ3n) is 1.06. The van der Waals surface area contributed by atoms with Gasteiger partial charge >= 0.3 is 0 Å². The molecule has 1 aromatic heterocycles. The molecule has 0 aromatic carbocycles. The number of aliphatic hydroxyl groups is 1. The number of nitrogens with zero attached hydrogens (tertiary/aromatic N) is 1. The first-order valence-corrected chi connectivity index (χ1v) is 3.68. The second-order valence-corrected chi connectivity index (χ2v) is 2.40. The number of hydrogen-bond donors (Lipinski definition) is 2. The van der Waals surface area contributed by atoms with E-state index in [0.29, 0.717) is 5.69 Å². The molecule has 1 heterocycles. The van der Waals surface area contributed by atoms with Gasteiger partial charge in [-0.15, -0.1) is 0 Å². The molecule has 1 aromatic rings. The fourth-order valence-corrected chi connectivity index (χ4v) is 0.938. The summed E-state index contributed by atoms with van der Waals surface area (Å²) in [6.07, 6.45) is 0. The quantitative estimate of drug-likeness (QED) is 0.613. The Hall–Kier alpha value is -0.580. The van der Waals surface area contributed by atoms with Gasteiger partial charge in [0.1, 0.15) is 5.03 Å². The summed E-state index contributed by atoms with van der Waals surface area (Å²) in [6, 6.07) is 5.36. The van der Waals surface area contributed by atoms with Crippen molar-refractivity contribution < 1.29 is 5.11 Å². The molecule has 0 atom stereocenters. The number of nitrogens with two attached hydrogens (primary N) is 1. The lowest BCUT2D eigenvalue weighted by Crippen LogP contribution is -1.91. The van der Waals surface area contributed by atoms with Gasteiger partial charge in [-0.2, -0.15) is 0 Å². The van der Waals surface area contributed by atoms with Gasteiger partial charge in [-0.1, -0.05) is 6.07 Å². The van der Waals surface area contributed by atoms with E-state index < -0.39 is 0 Å². The smallest absolute Gasteiger partial charge is 0.111 e. The van der Waals surface area contributed by atoms with Crippen molar-refractivity contribution in [2.24, 2.45) is 5.14 Å². The first-order valence-electron chi connectivity index (χ1n) is 2.80. The standard InChI is InChI=1S/C6H8N2OS/c7-10-6-3-1-2-5(4-9)8-6/h1-3,9H,4,7H2. The van der Waals surface area contributed by atoms with Crippen LogP contribution in [0.2, 0.25) is 0 Å². The third kappa shape index (κ3) is 1.70. The summed E-state index contributed by atoms with van der Waals surface area (Å²) in [7, 11) is 0. The highest BCUT2D eigenvalue weighted by atomic mass is 32.2. The van der Waals surface area contributed by atoms with Gasteiger partial charge in [0, 0.05) is 0 Å². The van der Waals surface area contributed by atoms with Crippen LogP contribution in [0.3, 0.4) is 0 Å². The van der Waals surface area contributed by atoms with Crippen molar-refractivity contribution in [1.29, 1.82) is 0 Å². The maximum absolute atomic E-state index is 8.64. The molecule has 0 saturated carbocycles. The van der Waals surface area contributed by atoms with Crippen molar-refractivity contribution in [3.05, 3.63) is 23.9 Å². The second kappa shape index (κ2) is 3.55. The first-order chi connectivity index (χ1) is 4.86. The van der Waals surface area contributed by atoms with E-state index in [-0.39, 0.29) is 6.61 Å². The van der Waals surface area contributed by atoms with Crippen LogP contribution in [0.4, 0.5) is 0 Å². The van der Waals surface area contributed by atoms with E-state index in [0.717, 1.165) is 17.0 Å². The van der Waals surface area contributed by atoms with Gasteiger partial charge in [-0.3, -0.25) is 5.14 Å². The lowest BCUT2D eigenvalue weighted by molar-refractivity contribution is 0.276. The van der Waals surface area contributed by atoms with Gasteiger partial charge < -0.3 is 5.11 Å². The van der Waals surface area contributed by atoms with Crippen molar-refractivity contribution in [1.82, 2.24) is 4.98 Å². The van der Waals surface area contributed by atoms with Crippen molar-refractivity contribution >= 4 is 11.9 Å². The van der Waals surface area contributed by atoms with Gasteiger partial charge in [0.15, 0.2) is 0 Å². The summed E-state index contributed by atoms with van der Waals surface area (Å²) in [5.74, 6) is 0. The average Bonchev–Trinajstić information content (AvgIpc) is 2.05. The van der Waals surface area contributed by atoms with E-state index >= 15 is 0 Å². The Bertz CT molecular complexity index is 197. The van der Waals surface area contributed by atoms with Gasteiger partial charge in [-0.25, -0.2) is 4.98 Å². The number of hydrogen-bond acceptors (Lipinski definition) is 4. The maximum Gasteiger partial charge on any atom is 0.111 e. The molecule has 0 aliphatic carbocycles. The zero-order valence-electron chi connectivity index (χ0n) is 5.32. The molecule has 0 saturated heterocycles. The lowest BCUT2D eigenvalue weighted by atomic mass is 10.4. The van der Waals surface area contributed by atoms with Crippen LogP contribution in [0.15, 0.2) is 23.2 Å². The number of pyridine rings is 1. The van der Waals surface area contributed by atoms with Crippen LogP contribution in [0.1, 0.15) is 5.69 Å². The molecule has 3 N–H and O–H groups in total. The van der Waals surface area contributed by atoms with Crippen LogP contribution in [0, 0.1) is 0 Å². The third-order valence-corrected chi connectivity index (χ3v) is 1.53. The molecule has 0 amide bonds. The van der Waals surface area contributed by atoms with Crippen LogP contribution in [-0.2, 0) is 6.61 Å². The number of aliphatic hydroxyl groups excluding tert-OH is 1. The summed E-state index contributed by atoms with van der Waals surface area (Å²) < 4.78 is 0. The highest BCUT2D eigenvalue weighted by Crippen LogP contribution is 2.07. The normalized spacial score (nSPS) is 9.80. The topological polar surface area (TPSA) is 59.1 Å². The first kappa shape index (κ1) is 7.53. The van der Waals surface area contributed by atoms with Crippen molar-refractivity contribution in [3.8, 4) is 0 Å². The van der Waals surface area contributed by atoms with Crippen LogP contribution >= 0.6 is 11.9 Å². The maximum atomic E-state index is 8.64. The highest BCUT2D eigenvalue weighted by Gasteiger charge is 1.93. The van der Waals surface area contributed by atoms with E-state index in [1.165, 1.54) is 0 Å². The van der Waals surface area contributed by atoms with Crippen molar-refractivity contribution in [3.63, 3.8) is 0 Å². The van der Waals surface area contributed by atoms with Crippen LogP contribution in [0.25, 0.3) is 0 Å². The van der Waals surface area contributed by atoms with Crippen LogP contribution in [0.5, 0.6) is 0 Å². The van der Waals surface area contributed by atoms with Gasteiger partial charge in [0.2, 0.25) is 0 Å². The largest absolute Gasteiger partial charge is 0.390 e. The molecule has 1 rings (SSSR count).